The third-order valence-electron chi connectivity index (χ3n) is 10.4. The van der Waals surface area contributed by atoms with Crippen LogP contribution in [0.3, 0.4) is 0 Å². The third kappa shape index (κ3) is 7.70. The first-order chi connectivity index (χ1) is 31.3. The minimum absolute atomic E-state index is 0.0803. The second kappa shape index (κ2) is 16.2. The molecule has 9 rings (SSSR count). The molecule has 19 heteroatoms. The fourth-order valence-corrected chi connectivity index (χ4v) is 9.07. The topological polar surface area (TPSA) is 269 Å². The Labute approximate surface area is 366 Å². The molecule has 0 bridgehead atoms. The molecule has 0 saturated heterocycles. The van der Waals surface area contributed by atoms with E-state index in [0.717, 1.165) is 0 Å². The van der Waals surface area contributed by atoms with E-state index in [0.29, 0.717) is 32.7 Å². The number of nitrogens with one attached hydrogen (secondary N) is 2. The van der Waals surface area contributed by atoms with Crippen LogP contribution in [0.5, 0.6) is 11.5 Å². The number of anilines is 2. The van der Waals surface area contributed by atoms with Gasteiger partial charge in [-0.05, 0) is 59.3 Å². The summed E-state index contributed by atoms with van der Waals surface area (Å²) in [4.78, 5) is 47.9. The molecule has 2 amide bonds. The molecule has 1 aliphatic rings. The summed E-state index contributed by atoms with van der Waals surface area (Å²) in [6.45, 7) is 0. The molecule has 0 aromatic heterocycles. The summed E-state index contributed by atoms with van der Waals surface area (Å²) >= 11 is 0. The number of nitro groups is 2. The number of rotatable bonds is 10. The molecule has 1 aliphatic heterocycles. The maximum absolute atomic E-state index is 14.1. The van der Waals surface area contributed by atoms with Crippen molar-refractivity contribution in [2.24, 2.45) is 20.5 Å². The number of benzene rings is 8. The molecule has 8 aromatic carbocycles. The van der Waals surface area contributed by atoms with Gasteiger partial charge < -0.3 is 20.8 Å². The number of azo groups is 2. The Balaban J connectivity index is 1.00. The number of nitro benzene ring substituents is 2. The van der Waals surface area contributed by atoms with Crippen molar-refractivity contribution in [1.29, 1.82) is 0 Å². The second-order valence-electron chi connectivity index (χ2n) is 14.5. The lowest BCUT2D eigenvalue weighted by Crippen LogP contribution is -2.12. The van der Waals surface area contributed by atoms with E-state index in [2.05, 4.69) is 31.1 Å². The highest BCUT2D eigenvalue weighted by molar-refractivity contribution is 7.92. The predicted octanol–water partition coefficient (Wildman–Crippen LogP) is 11.4. The van der Waals surface area contributed by atoms with Crippen LogP contribution < -0.4 is 10.6 Å². The zero-order chi connectivity index (χ0) is 45.6. The summed E-state index contributed by atoms with van der Waals surface area (Å²) in [6, 6.07) is 35.9. The number of amides is 2. The number of carbonyl (C=O) groups excluding carboxylic acids is 2. The minimum atomic E-state index is -4.17. The Morgan fingerprint density at radius 2 is 0.923 bits per heavy atom. The summed E-state index contributed by atoms with van der Waals surface area (Å²) in [5.74, 6) is -2.61. The molecular weight excluding hydrogens is 857 g/mol. The van der Waals surface area contributed by atoms with Gasteiger partial charge in [-0.15, -0.1) is 10.2 Å². The number of non-ortho nitro benzene ring substituents is 2. The molecule has 0 saturated carbocycles. The van der Waals surface area contributed by atoms with Crippen LogP contribution >= 0.6 is 0 Å². The molecule has 8 aromatic rings. The molecule has 0 unspecified atom stereocenters. The first kappa shape index (κ1) is 41.1. The monoisotopic (exact) mass is 884 g/mol. The van der Waals surface area contributed by atoms with Crippen LogP contribution in [0.1, 0.15) is 20.7 Å². The van der Waals surface area contributed by atoms with Crippen molar-refractivity contribution < 1.29 is 38.1 Å². The molecule has 1 heterocycles. The largest absolute Gasteiger partial charge is 0.505 e. The second-order valence-corrected chi connectivity index (χ2v) is 16.4. The minimum Gasteiger partial charge on any atom is -0.505 e. The summed E-state index contributed by atoms with van der Waals surface area (Å²) in [5, 5.41) is 69.3. The summed E-state index contributed by atoms with van der Waals surface area (Å²) in [5.41, 5.74) is 0.172. The molecule has 0 fully saturated rings. The van der Waals surface area contributed by atoms with Gasteiger partial charge in [0.2, 0.25) is 9.84 Å². The van der Waals surface area contributed by atoms with E-state index >= 15 is 0 Å². The van der Waals surface area contributed by atoms with Crippen LogP contribution in [-0.4, -0.2) is 40.3 Å². The number of carbonyl (C=O) groups is 2. The van der Waals surface area contributed by atoms with Gasteiger partial charge in [-0.3, -0.25) is 29.8 Å². The van der Waals surface area contributed by atoms with Gasteiger partial charge in [0.05, 0.1) is 42.1 Å². The van der Waals surface area contributed by atoms with Crippen molar-refractivity contribution in [2.45, 2.75) is 9.79 Å². The third-order valence-corrected chi connectivity index (χ3v) is 12.3. The number of sulfone groups is 1. The molecule has 0 aliphatic carbocycles. The highest BCUT2D eigenvalue weighted by Crippen LogP contribution is 2.47. The number of aromatic hydroxyl groups is 2. The summed E-state index contributed by atoms with van der Waals surface area (Å²) < 4.78 is 28.1. The Bertz CT molecular complexity index is 3330. The fraction of sp³-hybridized carbons (Fsp3) is 0. The lowest BCUT2D eigenvalue weighted by molar-refractivity contribution is -0.385. The van der Waals surface area contributed by atoms with Crippen LogP contribution in [0.25, 0.3) is 32.7 Å². The standard InChI is InChI=1S/C46H28N8O10S/c55-43-37(45(57)47-27-9-5-11-31(21-27)53(59)60)19-25-7-1-3-13-33(25)41(43)51-49-29-15-17-35-36-18-16-30(24-40(36)65(63,64)39(35)23-29)50-52-42-34-14-4-2-8-26(34)20-38(44(42)56)46(58)48-28-10-6-12-32(22-28)54(61)62/h1-24,55-56H,(H,47,57)(H,48,58). The predicted molar refractivity (Wildman–Crippen MR) is 239 cm³/mol. The summed E-state index contributed by atoms with van der Waals surface area (Å²) in [6.07, 6.45) is 0. The van der Waals surface area contributed by atoms with Crippen molar-refractivity contribution in [3.8, 4) is 22.6 Å². The summed E-state index contributed by atoms with van der Waals surface area (Å²) in [7, 11) is -4.17. The fourth-order valence-electron chi connectivity index (χ4n) is 7.35. The van der Waals surface area contributed by atoms with Gasteiger partial charge in [0.15, 0.2) is 11.5 Å². The van der Waals surface area contributed by atoms with E-state index in [1.165, 1.54) is 84.9 Å². The SMILES string of the molecule is O=C(Nc1cccc([N+](=O)[O-])c1)c1cc2ccccc2c(N=Nc2ccc3c(c2)S(=O)(=O)c2cc(N=Nc4c(O)c(C(=O)Nc5cccc([N+](=O)[O-])c5)cc5ccccc45)ccc2-3)c1O. The Morgan fingerprint density at radius 1 is 0.508 bits per heavy atom. The number of phenolic OH excluding ortho intramolecular Hbond substituents is 2. The van der Waals surface area contributed by atoms with Crippen LogP contribution in [0.4, 0.5) is 45.5 Å². The lowest BCUT2D eigenvalue weighted by Gasteiger charge is -2.11. The molecule has 18 nitrogen and oxygen atoms in total. The highest BCUT2D eigenvalue weighted by atomic mass is 32.2. The van der Waals surface area contributed by atoms with Gasteiger partial charge in [0.25, 0.3) is 23.2 Å². The van der Waals surface area contributed by atoms with Gasteiger partial charge in [0.1, 0.15) is 11.4 Å². The molecule has 0 spiro atoms. The van der Waals surface area contributed by atoms with Gasteiger partial charge >= 0.3 is 0 Å². The zero-order valence-electron chi connectivity index (χ0n) is 33.1. The maximum atomic E-state index is 14.1. The molecule has 318 valence electrons. The molecule has 0 atom stereocenters. The van der Waals surface area contributed by atoms with E-state index < -0.39 is 43.0 Å². The van der Waals surface area contributed by atoms with Crippen LogP contribution in [0.15, 0.2) is 176 Å². The Morgan fingerprint density at radius 3 is 1.34 bits per heavy atom. The quantitative estimate of drug-likeness (QED) is 0.0573. The molecule has 4 N–H and O–H groups in total. The van der Waals surface area contributed by atoms with Gasteiger partial charge in [-0.1, -0.05) is 72.8 Å². The average Bonchev–Trinajstić information content (AvgIpc) is 3.52. The number of nitrogens with zero attached hydrogens (tertiary/aromatic N) is 6. The lowest BCUT2D eigenvalue weighted by atomic mass is 10.0. The maximum Gasteiger partial charge on any atom is 0.271 e. The van der Waals surface area contributed by atoms with E-state index in [1.807, 2.05) is 0 Å². The van der Waals surface area contributed by atoms with E-state index in [-0.39, 0.29) is 66.4 Å². The number of hydrogen-bond donors (Lipinski definition) is 4. The molecule has 0 radical (unpaired) electrons. The van der Waals surface area contributed by atoms with Gasteiger partial charge in [-0.2, -0.15) is 10.2 Å². The van der Waals surface area contributed by atoms with Crippen molar-refractivity contribution in [3.05, 3.63) is 177 Å². The molecular formula is C46H28N8O10S. The normalized spacial score (nSPS) is 12.6. The van der Waals surface area contributed by atoms with Crippen LogP contribution in [0, 0.1) is 20.2 Å². The molecule has 65 heavy (non-hydrogen) atoms. The van der Waals surface area contributed by atoms with Crippen molar-refractivity contribution in [2.75, 3.05) is 10.6 Å². The number of fused-ring (bicyclic) bond motifs is 5. The van der Waals surface area contributed by atoms with Crippen molar-refractivity contribution in [1.82, 2.24) is 0 Å². The van der Waals surface area contributed by atoms with Gasteiger partial charge in [-0.25, -0.2) is 8.42 Å². The first-order valence-corrected chi connectivity index (χ1v) is 20.7. The zero-order valence-corrected chi connectivity index (χ0v) is 33.9. The van der Waals surface area contributed by atoms with Crippen LogP contribution in [-0.2, 0) is 9.84 Å². The van der Waals surface area contributed by atoms with Crippen molar-refractivity contribution in [3.63, 3.8) is 0 Å². The van der Waals surface area contributed by atoms with Crippen molar-refractivity contribution >= 4 is 88.7 Å². The Kier molecular flexibility index (Phi) is 10.3. The van der Waals surface area contributed by atoms with Crippen LogP contribution in [0.2, 0.25) is 0 Å². The number of phenols is 2. The average molecular weight is 885 g/mol. The number of hydrogen-bond acceptors (Lipinski definition) is 14. The first-order valence-electron chi connectivity index (χ1n) is 19.2. The smallest absolute Gasteiger partial charge is 0.271 e. The van der Waals surface area contributed by atoms with Gasteiger partial charge in [0, 0.05) is 57.5 Å². The van der Waals surface area contributed by atoms with E-state index in [1.54, 1.807) is 60.7 Å². The Hall–Kier alpha value is -9.23. The van der Waals surface area contributed by atoms with E-state index in [4.69, 9.17) is 0 Å². The van der Waals surface area contributed by atoms with E-state index in [9.17, 15) is 48.4 Å². The highest BCUT2D eigenvalue weighted by Gasteiger charge is 2.34.